The predicted molar refractivity (Wildman–Crippen MR) is 95.6 cm³/mol. The molecule has 0 bridgehead atoms. The first-order valence-electron chi connectivity index (χ1n) is 8.41. The molecule has 1 saturated heterocycles. The summed E-state index contributed by atoms with van der Waals surface area (Å²) in [6.45, 7) is 7.34. The van der Waals surface area contributed by atoms with Crippen molar-refractivity contribution in [2.75, 3.05) is 6.54 Å². The van der Waals surface area contributed by atoms with E-state index in [2.05, 4.69) is 41.4 Å². The third-order valence-corrected chi connectivity index (χ3v) is 4.59. The number of rotatable bonds is 5. The van der Waals surface area contributed by atoms with Crippen LogP contribution < -0.4 is 5.32 Å². The Morgan fingerprint density at radius 2 is 2.13 bits per heavy atom. The number of allylic oxidation sites excluding steroid dienone is 1. The lowest BCUT2D eigenvalue weighted by molar-refractivity contribution is 0.197. The highest BCUT2D eigenvalue weighted by atomic mass is 16.6. The number of hydrogen-bond acceptors (Lipinski definition) is 3. The SMILES string of the molecule is CCC(C)=C(O/N=C(\C)c1c[nH]c2ccccc12)C1CCCN1. The third kappa shape index (κ3) is 3.32. The van der Waals surface area contributed by atoms with Gasteiger partial charge in [-0.25, -0.2) is 0 Å². The summed E-state index contributed by atoms with van der Waals surface area (Å²) in [5.41, 5.74) is 4.37. The van der Waals surface area contributed by atoms with E-state index in [9.17, 15) is 0 Å². The molecule has 1 aromatic heterocycles. The lowest BCUT2D eigenvalue weighted by Crippen LogP contribution is -2.25. The lowest BCUT2D eigenvalue weighted by atomic mass is 10.1. The third-order valence-electron chi connectivity index (χ3n) is 4.59. The Morgan fingerprint density at radius 3 is 2.87 bits per heavy atom. The molecule has 0 amide bonds. The number of aromatic amines is 1. The molecule has 3 rings (SSSR count). The van der Waals surface area contributed by atoms with Crippen LogP contribution in [0.3, 0.4) is 0 Å². The summed E-state index contributed by atoms with van der Waals surface area (Å²) >= 11 is 0. The van der Waals surface area contributed by atoms with Crippen LogP contribution in [0.4, 0.5) is 0 Å². The molecule has 0 spiro atoms. The number of aromatic nitrogens is 1. The average Bonchev–Trinajstić information content (AvgIpc) is 3.24. The molecule has 0 radical (unpaired) electrons. The highest BCUT2D eigenvalue weighted by molar-refractivity contribution is 6.09. The van der Waals surface area contributed by atoms with Crippen LogP contribution in [0.15, 0.2) is 47.0 Å². The Hall–Kier alpha value is -2.07. The van der Waals surface area contributed by atoms with Gasteiger partial charge in [-0.15, -0.1) is 0 Å². The van der Waals surface area contributed by atoms with Crippen LogP contribution in [0.2, 0.25) is 0 Å². The molecule has 2 heterocycles. The molecule has 1 aromatic carbocycles. The van der Waals surface area contributed by atoms with Crippen molar-refractivity contribution in [2.24, 2.45) is 5.16 Å². The Bertz CT molecular complexity index is 736. The monoisotopic (exact) mass is 311 g/mol. The van der Waals surface area contributed by atoms with Crippen molar-refractivity contribution in [3.63, 3.8) is 0 Å². The van der Waals surface area contributed by atoms with Gasteiger partial charge in [0.25, 0.3) is 0 Å². The number of fused-ring (bicyclic) bond motifs is 1. The predicted octanol–water partition coefficient (Wildman–Crippen LogP) is 4.34. The molecule has 1 fully saturated rings. The Kier molecular flexibility index (Phi) is 4.82. The summed E-state index contributed by atoms with van der Waals surface area (Å²) in [5.74, 6) is 0.990. The fraction of sp³-hybridized carbons (Fsp3) is 0.421. The molecule has 4 nitrogen and oxygen atoms in total. The van der Waals surface area contributed by atoms with Gasteiger partial charge in [0, 0.05) is 22.7 Å². The minimum absolute atomic E-state index is 0.300. The zero-order valence-corrected chi connectivity index (χ0v) is 14.1. The topological polar surface area (TPSA) is 49.4 Å². The van der Waals surface area contributed by atoms with Crippen molar-refractivity contribution in [3.8, 4) is 0 Å². The second kappa shape index (κ2) is 7.01. The smallest absolute Gasteiger partial charge is 0.150 e. The normalized spacial score (nSPS) is 20.0. The zero-order chi connectivity index (χ0) is 16.2. The molecular formula is C19H25N3O. The minimum atomic E-state index is 0.300. The van der Waals surface area contributed by atoms with Gasteiger partial charge in [-0.05, 0) is 51.3 Å². The summed E-state index contributed by atoms with van der Waals surface area (Å²) in [6, 6.07) is 8.55. The standard InChI is InChI=1S/C19H25N3O/c1-4-13(2)19(18-10-7-11-20-18)23-22-14(3)16-12-21-17-9-6-5-8-15(16)17/h5-6,8-9,12,18,20-21H,4,7,10-11H2,1-3H3/b19-13?,22-14+. The van der Waals surface area contributed by atoms with E-state index in [0.717, 1.165) is 41.9 Å². The van der Waals surface area contributed by atoms with Crippen molar-refractivity contribution in [1.29, 1.82) is 0 Å². The molecule has 1 unspecified atom stereocenters. The molecule has 0 saturated carbocycles. The molecule has 1 atom stereocenters. The number of nitrogens with one attached hydrogen (secondary N) is 2. The van der Waals surface area contributed by atoms with E-state index in [1.807, 2.05) is 25.3 Å². The highest BCUT2D eigenvalue weighted by Gasteiger charge is 2.22. The van der Waals surface area contributed by atoms with Gasteiger partial charge in [0.15, 0.2) is 5.76 Å². The van der Waals surface area contributed by atoms with Gasteiger partial charge in [0.1, 0.15) is 0 Å². The van der Waals surface area contributed by atoms with Crippen molar-refractivity contribution in [2.45, 2.75) is 46.1 Å². The number of oxime groups is 1. The molecule has 23 heavy (non-hydrogen) atoms. The van der Waals surface area contributed by atoms with E-state index in [1.165, 1.54) is 17.4 Å². The fourth-order valence-electron chi connectivity index (χ4n) is 3.06. The van der Waals surface area contributed by atoms with Crippen molar-refractivity contribution < 1.29 is 4.84 Å². The van der Waals surface area contributed by atoms with Gasteiger partial charge in [0.2, 0.25) is 0 Å². The fourth-order valence-corrected chi connectivity index (χ4v) is 3.06. The van der Waals surface area contributed by atoms with Crippen molar-refractivity contribution in [3.05, 3.63) is 47.4 Å². The summed E-state index contributed by atoms with van der Waals surface area (Å²) in [4.78, 5) is 9.19. The van der Waals surface area contributed by atoms with Crippen molar-refractivity contribution >= 4 is 16.6 Å². The van der Waals surface area contributed by atoms with Crippen molar-refractivity contribution in [1.82, 2.24) is 10.3 Å². The minimum Gasteiger partial charge on any atom is -0.360 e. The van der Waals surface area contributed by atoms with Gasteiger partial charge >= 0.3 is 0 Å². The van der Waals surface area contributed by atoms with E-state index in [4.69, 9.17) is 4.84 Å². The van der Waals surface area contributed by atoms with E-state index in [1.54, 1.807) is 0 Å². The van der Waals surface area contributed by atoms with E-state index < -0.39 is 0 Å². The van der Waals surface area contributed by atoms with E-state index >= 15 is 0 Å². The van der Waals surface area contributed by atoms with E-state index in [0.29, 0.717) is 6.04 Å². The maximum Gasteiger partial charge on any atom is 0.150 e. The molecule has 2 N–H and O–H groups in total. The maximum absolute atomic E-state index is 5.90. The van der Waals surface area contributed by atoms with Gasteiger partial charge in [-0.3, -0.25) is 0 Å². The van der Waals surface area contributed by atoms with Crippen LogP contribution in [-0.2, 0) is 4.84 Å². The first-order valence-corrected chi connectivity index (χ1v) is 8.41. The quantitative estimate of drug-likeness (QED) is 0.490. The number of nitrogens with zero attached hydrogens (tertiary/aromatic N) is 1. The van der Waals surface area contributed by atoms with Gasteiger partial charge < -0.3 is 15.1 Å². The highest BCUT2D eigenvalue weighted by Crippen LogP contribution is 2.23. The summed E-state index contributed by atoms with van der Waals surface area (Å²) < 4.78 is 0. The molecule has 1 aliphatic rings. The lowest BCUT2D eigenvalue weighted by Gasteiger charge is -2.16. The maximum atomic E-state index is 5.90. The number of benzene rings is 1. The molecule has 122 valence electrons. The van der Waals surface area contributed by atoms with Crippen LogP contribution in [0, 0.1) is 0 Å². The first-order chi connectivity index (χ1) is 11.2. The summed E-state index contributed by atoms with van der Waals surface area (Å²) in [6.07, 6.45) is 5.29. The van der Waals surface area contributed by atoms with Crippen LogP contribution in [-0.4, -0.2) is 23.3 Å². The second-order valence-corrected chi connectivity index (χ2v) is 6.16. The van der Waals surface area contributed by atoms with Crippen LogP contribution in [0.5, 0.6) is 0 Å². The number of H-pyrrole nitrogens is 1. The van der Waals surface area contributed by atoms with E-state index in [-0.39, 0.29) is 0 Å². The molecule has 1 aliphatic heterocycles. The number of hydrogen-bond donors (Lipinski definition) is 2. The van der Waals surface area contributed by atoms with Gasteiger partial charge in [-0.2, -0.15) is 0 Å². The molecule has 4 heteroatoms. The Morgan fingerprint density at radius 1 is 1.30 bits per heavy atom. The summed E-state index contributed by atoms with van der Waals surface area (Å²) in [5, 5.41) is 9.11. The molecule has 2 aromatic rings. The van der Waals surface area contributed by atoms with Crippen LogP contribution >= 0.6 is 0 Å². The Labute approximate surface area is 137 Å². The zero-order valence-electron chi connectivity index (χ0n) is 14.1. The number of para-hydroxylation sites is 1. The van der Waals surface area contributed by atoms with Crippen LogP contribution in [0.25, 0.3) is 10.9 Å². The molecule has 0 aliphatic carbocycles. The second-order valence-electron chi connectivity index (χ2n) is 6.16. The molecular weight excluding hydrogens is 286 g/mol. The largest absolute Gasteiger partial charge is 0.360 e. The van der Waals surface area contributed by atoms with Gasteiger partial charge in [0.05, 0.1) is 11.8 Å². The Balaban J connectivity index is 1.85. The van der Waals surface area contributed by atoms with Crippen LogP contribution in [0.1, 0.15) is 45.6 Å². The summed E-state index contributed by atoms with van der Waals surface area (Å²) in [7, 11) is 0. The average molecular weight is 311 g/mol. The first kappa shape index (κ1) is 15.8. The van der Waals surface area contributed by atoms with Gasteiger partial charge in [-0.1, -0.05) is 30.3 Å².